The van der Waals surface area contributed by atoms with Gasteiger partial charge in [-0.15, -0.1) is 0 Å². The van der Waals surface area contributed by atoms with Crippen molar-refractivity contribution in [1.82, 2.24) is 19.5 Å². The van der Waals surface area contributed by atoms with Crippen LogP contribution < -0.4 is 20.5 Å². The van der Waals surface area contributed by atoms with Crippen LogP contribution in [0.3, 0.4) is 0 Å². The molecule has 0 spiro atoms. The number of imidazole rings is 1. The van der Waals surface area contributed by atoms with Crippen molar-refractivity contribution in [2.24, 2.45) is 5.73 Å². The molecule has 2 aliphatic rings. The van der Waals surface area contributed by atoms with Gasteiger partial charge < -0.3 is 70.8 Å². The zero-order valence-electron chi connectivity index (χ0n) is 53.2. The fourth-order valence-corrected chi connectivity index (χ4v) is 19.7. The maximum atomic E-state index is 14.8. The Hall–Kier alpha value is -5.49. The van der Waals surface area contributed by atoms with E-state index in [0.29, 0.717) is 28.5 Å². The molecule has 0 radical (unpaired) electrons. The SMILES string of the molecule is COCCOC(OCCOC)O[C@@H]1[C@H](OC(=[18O])[C@@H](N)Cc2ccccc2)[C@@H](CO[Si](OC2CCCCCCCCCCC2)(O[Si](C)(C)C)O[Si](C)(C)C)O[C@H]1n1cnc2c(NC(c3ccccc3)(c3ccc(OC)cc3)c3ccc(OC)cc3)ncnc21. The number of nitrogens with two attached hydrogens (primary N) is 1. The van der Waals surface area contributed by atoms with Crippen molar-refractivity contribution in [2.45, 2.75) is 165 Å². The van der Waals surface area contributed by atoms with Crippen LogP contribution in [0.5, 0.6) is 11.5 Å². The van der Waals surface area contributed by atoms with Gasteiger partial charge in [-0.1, -0.05) is 143 Å². The molecule has 3 heterocycles. The minimum atomic E-state index is -4.11. The average molecular weight is 1270 g/mol. The van der Waals surface area contributed by atoms with Crippen molar-refractivity contribution in [3.05, 3.63) is 144 Å². The molecule has 6 aromatic rings. The summed E-state index contributed by atoms with van der Waals surface area (Å²) in [5.41, 5.74) is 9.96. The molecule has 20 nitrogen and oxygen atoms in total. The Morgan fingerprint density at radius 1 is 0.659 bits per heavy atom. The van der Waals surface area contributed by atoms with Crippen LogP contribution in [-0.2, 0) is 67.0 Å². The lowest BCUT2D eigenvalue weighted by Crippen LogP contribution is -2.61. The second-order valence-electron chi connectivity index (χ2n) is 24.4. The molecule has 1 aliphatic carbocycles. The molecule has 5 atom stereocenters. The maximum Gasteiger partial charge on any atom is 0.658 e. The molecule has 0 unspecified atom stereocenters. The van der Waals surface area contributed by atoms with Gasteiger partial charge in [0.05, 0.1) is 59.7 Å². The van der Waals surface area contributed by atoms with Gasteiger partial charge in [-0.05, 0) is 105 Å². The number of carbonyl (C=O) groups excluding carboxylic acids is 1. The van der Waals surface area contributed by atoms with Crippen molar-refractivity contribution in [2.75, 3.05) is 66.8 Å². The smallest absolute Gasteiger partial charge is 0.497 e. The third kappa shape index (κ3) is 19.0. The van der Waals surface area contributed by atoms with Crippen LogP contribution >= 0.6 is 0 Å². The highest BCUT2D eigenvalue weighted by Gasteiger charge is 2.57. The number of rotatable bonds is 31. The van der Waals surface area contributed by atoms with E-state index >= 15 is 0 Å². The van der Waals surface area contributed by atoms with Crippen LogP contribution in [0.1, 0.15) is 99.1 Å². The van der Waals surface area contributed by atoms with Crippen LogP contribution in [0.4, 0.5) is 5.82 Å². The van der Waals surface area contributed by atoms with Crippen LogP contribution in [0.25, 0.3) is 11.2 Å². The molecule has 3 N–H and O–H groups in total. The summed E-state index contributed by atoms with van der Waals surface area (Å²) >= 11 is 0. The quantitative estimate of drug-likeness (QED) is 0.0103. The fraction of sp³-hybridized carbons (Fsp3) is 0.538. The molecule has 480 valence electrons. The number of benzene rings is 4. The van der Waals surface area contributed by atoms with Crippen LogP contribution in [0, 0.1) is 0 Å². The minimum absolute atomic E-state index is 0.0852. The molecule has 1 aliphatic heterocycles. The average Bonchev–Trinajstić information content (AvgIpc) is 1.34. The molecule has 0 bridgehead atoms. The normalized spacial score (nSPS) is 19.0. The summed E-state index contributed by atoms with van der Waals surface area (Å²) in [7, 11) is -2.70. The lowest BCUT2D eigenvalue weighted by molar-refractivity contribution is -0.321. The first kappa shape index (κ1) is 68.4. The van der Waals surface area contributed by atoms with Crippen molar-refractivity contribution in [3.63, 3.8) is 0 Å². The van der Waals surface area contributed by atoms with Crippen LogP contribution in [0.2, 0.25) is 39.3 Å². The summed E-state index contributed by atoms with van der Waals surface area (Å²) in [5, 5.41) is 3.89. The lowest BCUT2D eigenvalue weighted by Gasteiger charge is -2.40. The van der Waals surface area contributed by atoms with E-state index in [0.717, 1.165) is 60.8 Å². The highest BCUT2D eigenvalue weighted by molar-refractivity contribution is 6.83. The zero-order chi connectivity index (χ0) is 62.6. The van der Waals surface area contributed by atoms with E-state index in [-0.39, 0.29) is 45.6 Å². The Kier molecular flexibility index (Phi) is 25.7. The second-order valence-corrected chi connectivity index (χ2v) is 36.0. The molecular formula is C65H94N6O14Si3. The highest BCUT2D eigenvalue weighted by Crippen LogP contribution is 2.44. The van der Waals surface area contributed by atoms with E-state index < -0.39 is 74.2 Å². The number of hydrogen-bond donors (Lipinski definition) is 2. The molecule has 1 saturated heterocycles. The van der Waals surface area contributed by atoms with E-state index in [1.807, 2.05) is 97.1 Å². The van der Waals surface area contributed by atoms with Gasteiger partial charge in [-0.2, -0.15) is 0 Å². The van der Waals surface area contributed by atoms with E-state index in [1.165, 1.54) is 38.4 Å². The molecule has 88 heavy (non-hydrogen) atoms. The third-order valence-electron chi connectivity index (χ3n) is 15.3. The minimum Gasteiger partial charge on any atom is -0.497 e. The molecule has 0 amide bonds. The molecular weight excluding hydrogens is 1180 g/mol. The number of fused-ring (bicyclic) bond motifs is 1. The number of nitrogens with one attached hydrogen (secondary N) is 1. The molecule has 4 aromatic carbocycles. The number of esters is 1. The van der Waals surface area contributed by atoms with Gasteiger partial charge in [0, 0.05) is 14.2 Å². The predicted molar refractivity (Wildman–Crippen MR) is 344 cm³/mol. The first-order valence-corrected chi connectivity index (χ1v) is 39.5. The Balaban J connectivity index is 1.26. The van der Waals surface area contributed by atoms with Crippen LogP contribution in [0.15, 0.2) is 122 Å². The van der Waals surface area contributed by atoms with E-state index in [4.69, 9.17) is 80.4 Å². The second kappa shape index (κ2) is 33.0. The van der Waals surface area contributed by atoms with Gasteiger partial charge in [-0.25, -0.2) is 15.0 Å². The molecule has 23 heteroatoms. The Bertz CT molecular complexity index is 2930. The van der Waals surface area contributed by atoms with Crippen molar-refractivity contribution < 1.29 is 64.5 Å². The number of carbonyl (C=O) groups is 1. The number of hydrogen-bond acceptors (Lipinski definition) is 19. The number of nitrogens with zero attached hydrogens (tertiary/aromatic N) is 4. The van der Waals surface area contributed by atoms with Gasteiger partial charge in [0.2, 0.25) is 0 Å². The Labute approximate surface area is 523 Å². The Morgan fingerprint density at radius 2 is 1.18 bits per heavy atom. The lowest BCUT2D eigenvalue weighted by atomic mass is 9.77. The van der Waals surface area contributed by atoms with Gasteiger partial charge in [0.1, 0.15) is 41.6 Å². The largest absolute Gasteiger partial charge is 0.658 e. The number of anilines is 1. The number of aromatic nitrogens is 4. The monoisotopic (exact) mass is 1270 g/mol. The van der Waals surface area contributed by atoms with Crippen LogP contribution in [-0.4, -0.2) is 150 Å². The summed E-state index contributed by atoms with van der Waals surface area (Å²) in [6, 6.07) is 34.4. The van der Waals surface area contributed by atoms with E-state index in [9.17, 15) is 4.79 Å². The third-order valence-corrected chi connectivity index (χ3v) is 23.4. The highest BCUT2D eigenvalue weighted by atomic mass is 28.5. The predicted octanol–water partition coefficient (Wildman–Crippen LogP) is 11.5. The number of ether oxygens (including phenoxy) is 9. The fourth-order valence-electron chi connectivity index (χ4n) is 11.2. The van der Waals surface area contributed by atoms with Crippen molar-refractivity contribution >= 4 is 48.6 Å². The van der Waals surface area contributed by atoms with E-state index in [1.54, 1.807) is 39.3 Å². The zero-order valence-corrected chi connectivity index (χ0v) is 56.2. The maximum absolute atomic E-state index is 14.8. The standard InChI is InChI=1S/C65H94N6O14Si3/c1-73-40-42-77-64(78-43-41-74-2)82-59-58(81-63(72)55(66)44-48-26-20-18-21-27-48)56(45-79-88(84-86(5,6)7,85-87(8,9)10)83-54-30-24-16-14-12-11-13-15-17-25-31-54)80-62(59)71-47-69-57-60(67-46-68-61(57)71)70-65(49-28-22-19-23-29-49,50-32-36-52(75-3)37-33-50)51-34-38-53(76-4)39-35-51/h18-23,26-29,32-39,46-47,54-56,58-59,62,64H,11-17,24-25,30-31,40-45,66H2,1-10H3,(H,67,68,70)/t55-,56+,58+,59+,62+/m0/s1/i72+2. The van der Waals surface area contributed by atoms with Gasteiger partial charge in [-0.3, -0.25) is 9.36 Å². The van der Waals surface area contributed by atoms with Gasteiger partial charge >= 0.3 is 15.0 Å². The Morgan fingerprint density at radius 3 is 1.70 bits per heavy atom. The molecule has 2 aromatic heterocycles. The first-order chi connectivity index (χ1) is 42.5. The molecule has 1 saturated carbocycles. The summed E-state index contributed by atoms with van der Waals surface area (Å²) in [4.78, 5) is 29.7. The van der Waals surface area contributed by atoms with Crippen molar-refractivity contribution in [1.29, 1.82) is 0 Å². The van der Waals surface area contributed by atoms with Gasteiger partial charge in [0.25, 0.3) is 6.48 Å². The molecule has 8 rings (SSSR count). The summed E-state index contributed by atoms with van der Waals surface area (Å²) < 4.78 is 86.3. The summed E-state index contributed by atoms with van der Waals surface area (Å²) in [6.45, 7) is 11.7. The summed E-state index contributed by atoms with van der Waals surface area (Å²) in [5.74, 6) is 1.08. The first-order valence-electron chi connectivity index (χ1n) is 31.0. The topological polar surface area (TPSA) is 219 Å². The summed E-state index contributed by atoms with van der Waals surface area (Å²) in [6.07, 6.45) is 10.5. The van der Waals surface area contributed by atoms with Crippen molar-refractivity contribution in [3.8, 4) is 11.5 Å². The molecule has 2 fully saturated rings. The van der Waals surface area contributed by atoms with E-state index in [2.05, 4.69) is 56.7 Å². The number of methoxy groups -OCH3 is 4. The van der Waals surface area contributed by atoms with Gasteiger partial charge in [0.15, 0.2) is 45.9 Å².